The predicted octanol–water partition coefficient (Wildman–Crippen LogP) is 5.35. The molecule has 0 heterocycles. The number of halogens is 3. The first kappa shape index (κ1) is 14.4. The van der Waals surface area contributed by atoms with Gasteiger partial charge in [-0.25, -0.2) is 0 Å². The highest BCUT2D eigenvalue weighted by Gasteiger charge is 2.05. The fourth-order valence-corrected chi connectivity index (χ4v) is 2.72. The van der Waals surface area contributed by atoms with Crippen molar-refractivity contribution in [3.8, 4) is 6.07 Å². The predicted molar refractivity (Wildman–Crippen MR) is 85.3 cm³/mol. The van der Waals surface area contributed by atoms with Gasteiger partial charge in [0, 0.05) is 20.5 Å². The zero-order valence-corrected chi connectivity index (χ0v) is 13.7. The van der Waals surface area contributed by atoms with Crippen molar-refractivity contribution in [2.75, 3.05) is 5.32 Å². The first-order valence-electron chi connectivity index (χ1n) is 5.47. The first-order valence-corrected chi connectivity index (χ1v) is 7.44. The van der Waals surface area contributed by atoms with Crippen molar-refractivity contribution in [2.45, 2.75) is 6.54 Å². The van der Waals surface area contributed by atoms with Gasteiger partial charge in [0.15, 0.2) is 0 Å². The van der Waals surface area contributed by atoms with Crippen molar-refractivity contribution in [3.05, 3.63) is 61.5 Å². The molecule has 0 radical (unpaired) electrons. The van der Waals surface area contributed by atoms with Crippen molar-refractivity contribution < 1.29 is 0 Å². The van der Waals surface area contributed by atoms with Gasteiger partial charge in [-0.1, -0.05) is 49.5 Å². The Hall–Kier alpha value is -1.02. The van der Waals surface area contributed by atoms with Gasteiger partial charge in [0.1, 0.15) is 6.07 Å². The van der Waals surface area contributed by atoms with E-state index in [9.17, 15) is 0 Å². The van der Waals surface area contributed by atoms with Crippen molar-refractivity contribution in [3.63, 3.8) is 0 Å². The van der Waals surface area contributed by atoms with Crippen LogP contribution in [0.5, 0.6) is 0 Å². The third-order valence-corrected chi connectivity index (χ3v) is 3.92. The largest absolute Gasteiger partial charge is 0.380 e. The molecule has 0 bridgehead atoms. The van der Waals surface area contributed by atoms with E-state index in [0.29, 0.717) is 17.1 Å². The van der Waals surface area contributed by atoms with Crippen molar-refractivity contribution in [1.29, 1.82) is 5.26 Å². The minimum Gasteiger partial charge on any atom is -0.380 e. The van der Waals surface area contributed by atoms with Crippen LogP contribution in [0, 0.1) is 11.3 Å². The Morgan fingerprint density at radius 3 is 2.47 bits per heavy atom. The lowest BCUT2D eigenvalue weighted by molar-refractivity contribution is 1.14. The number of anilines is 1. The zero-order chi connectivity index (χ0) is 13.8. The maximum Gasteiger partial charge on any atom is 0.101 e. The number of nitriles is 1. The molecule has 0 unspecified atom stereocenters. The summed E-state index contributed by atoms with van der Waals surface area (Å²) >= 11 is 12.9. The van der Waals surface area contributed by atoms with E-state index in [2.05, 4.69) is 43.2 Å². The Labute approximate surface area is 133 Å². The first-order chi connectivity index (χ1) is 9.10. The van der Waals surface area contributed by atoms with Crippen LogP contribution in [0.2, 0.25) is 5.02 Å². The van der Waals surface area contributed by atoms with Crippen LogP contribution in [0.1, 0.15) is 11.1 Å². The monoisotopic (exact) mass is 398 g/mol. The molecule has 19 heavy (non-hydrogen) atoms. The van der Waals surface area contributed by atoms with E-state index < -0.39 is 0 Å². The third kappa shape index (κ3) is 3.73. The second-order valence-electron chi connectivity index (χ2n) is 3.89. The Balaban J connectivity index is 2.17. The van der Waals surface area contributed by atoms with Gasteiger partial charge in [0.2, 0.25) is 0 Å². The molecule has 2 aromatic rings. The van der Waals surface area contributed by atoms with Gasteiger partial charge in [0.25, 0.3) is 0 Å². The van der Waals surface area contributed by atoms with Crippen LogP contribution in [-0.2, 0) is 6.54 Å². The van der Waals surface area contributed by atoms with E-state index in [0.717, 1.165) is 20.2 Å². The molecule has 2 nitrogen and oxygen atoms in total. The Morgan fingerprint density at radius 2 is 1.79 bits per heavy atom. The molecule has 2 aromatic carbocycles. The lowest BCUT2D eigenvalue weighted by Gasteiger charge is -2.10. The van der Waals surface area contributed by atoms with Gasteiger partial charge in [-0.05, 0) is 35.9 Å². The zero-order valence-electron chi connectivity index (χ0n) is 9.75. The summed E-state index contributed by atoms with van der Waals surface area (Å²) in [7, 11) is 0. The summed E-state index contributed by atoms with van der Waals surface area (Å²) in [5.41, 5.74) is 2.38. The third-order valence-electron chi connectivity index (χ3n) is 2.59. The molecule has 0 amide bonds. The Kier molecular flexibility index (Phi) is 4.87. The summed E-state index contributed by atoms with van der Waals surface area (Å²) in [6, 6.07) is 13.5. The standard InChI is InChI=1S/C14H9Br2ClN2/c15-11-3-4-14(10(5-11)7-18)19-8-9-1-2-12(16)6-13(9)17/h1-6,19H,8H2. The van der Waals surface area contributed by atoms with Gasteiger partial charge in [-0.2, -0.15) is 5.26 Å². The number of nitrogens with one attached hydrogen (secondary N) is 1. The molecule has 0 aliphatic heterocycles. The van der Waals surface area contributed by atoms with Crippen molar-refractivity contribution >= 4 is 49.1 Å². The molecule has 0 atom stereocenters. The summed E-state index contributed by atoms with van der Waals surface area (Å²) in [6.07, 6.45) is 0. The molecular formula is C14H9Br2ClN2. The van der Waals surface area contributed by atoms with Crippen LogP contribution in [0.15, 0.2) is 45.3 Å². The second-order valence-corrected chi connectivity index (χ2v) is 6.13. The summed E-state index contributed by atoms with van der Waals surface area (Å²) < 4.78 is 1.83. The summed E-state index contributed by atoms with van der Waals surface area (Å²) in [5, 5.41) is 13.0. The number of benzene rings is 2. The SMILES string of the molecule is N#Cc1cc(Br)ccc1NCc1ccc(Br)cc1Cl. The van der Waals surface area contributed by atoms with Crippen LogP contribution in [-0.4, -0.2) is 0 Å². The summed E-state index contributed by atoms with van der Waals surface area (Å²) in [4.78, 5) is 0. The number of rotatable bonds is 3. The molecule has 0 aliphatic rings. The normalized spacial score (nSPS) is 10.0. The van der Waals surface area contributed by atoms with Crippen LogP contribution in [0.25, 0.3) is 0 Å². The van der Waals surface area contributed by atoms with Gasteiger partial charge >= 0.3 is 0 Å². The van der Waals surface area contributed by atoms with E-state index >= 15 is 0 Å². The number of hydrogen-bond donors (Lipinski definition) is 1. The van der Waals surface area contributed by atoms with E-state index in [1.54, 1.807) is 6.07 Å². The molecule has 0 saturated carbocycles. The van der Waals surface area contributed by atoms with Crippen LogP contribution < -0.4 is 5.32 Å². The fraction of sp³-hybridized carbons (Fsp3) is 0.0714. The smallest absolute Gasteiger partial charge is 0.101 e. The summed E-state index contributed by atoms with van der Waals surface area (Å²) in [5.74, 6) is 0. The second kappa shape index (κ2) is 6.42. The van der Waals surface area contributed by atoms with Crippen LogP contribution in [0.3, 0.4) is 0 Å². The number of nitrogens with zero attached hydrogens (tertiary/aromatic N) is 1. The van der Waals surface area contributed by atoms with E-state index in [1.807, 2.05) is 30.3 Å². The maximum absolute atomic E-state index is 9.09. The van der Waals surface area contributed by atoms with Gasteiger partial charge in [0.05, 0.1) is 11.3 Å². The van der Waals surface area contributed by atoms with Crippen LogP contribution >= 0.6 is 43.5 Å². The molecular weight excluding hydrogens is 391 g/mol. The highest BCUT2D eigenvalue weighted by molar-refractivity contribution is 9.10. The number of hydrogen-bond acceptors (Lipinski definition) is 2. The molecule has 1 N–H and O–H groups in total. The van der Waals surface area contributed by atoms with E-state index in [4.69, 9.17) is 16.9 Å². The minimum absolute atomic E-state index is 0.572. The lowest BCUT2D eigenvalue weighted by atomic mass is 10.1. The fourth-order valence-electron chi connectivity index (χ4n) is 1.62. The molecule has 2 rings (SSSR count). The lowest BCUT2D eigenvalue weighted by Crippen LogP contribution is -2.01. The minimum atomic E-state index is 0.572. The topological polar surface area (TPSA) is 35.8 Å². The molecule has 0 aliphatic carbocycles. The molecule has 0 fully saturated rings. The molecule has 5 heteroatoms. The van der Waals surface area contributed by atoms with Crippen molar-refractivity contribution in [2.24, 2.45) is 0 Å². The van der Waals surface area contributed by atoms with Gasteiger partial charge < -0.3 is 5.32 Å². The Morgan fingerprint density at radius 1 is 1.11 bits per heavy atom. The Bertz CT molecular complexity index is 650. The van der Waals surface area contributed by atoms with Crippen molar-refractivity contribution in [1.82, 2.24) is 0 Å². The average Bonchev–Trinajstić information content (AvgIpc) is 2.39. The molecule has 96 valence electrons. The quantitative estimate of drug-likeness (QED) is 0.754. The van der Waals surface area contributed by atoms with E-state index in [-0.39, 0.29) is 0 Å². The average molecular weight is 401 g/mol. The summed E-state index contributed by atoms with van der Waals surface area (Å²) in [6.45, 7) is 0.572. The maximum atomic E-state index is 9.09. The van der Waals surface area contributed by atoms with Crippen LogP contribution in [0.4, 0.5) is 5.69 Å². The highest BCUT2D eigenvalue weighted by atomic mass is 79.9. The molecule has 0 spiro atoms. The highest BCUT2D eigenvalue weighted by Crippen LogP contribution is 2.24. The molecule has 0 aromatic heterocycles. The molecule has 0 saturated heterocycles. The van der Waals surface area contributed by atoms with Gasteiger partial charge in [-0.15, -0.1) is 0 Å². The van der Waals surface area contributed by atoms with Gasteiger partial charge in [-0.3, -0.25) is 0 Å². The van der Waals surface area contributed by atoms with E-state index in [1.165, 1.54) is 0 Å².